The Morgan fingerprint density at radius 1 is 1.44 bits per heavy atom. The Labute approximate surface area is 100 Å². The number of nitrogens with one attached hydrogen (secondary N) is 1. The van der Waals surface area contributed by atoms with Crippen LogP contribution in [0.25, 0.3) is 6.08 Å². The third-order valence-corrected chi connectivity index (χ3v) is 2.13. The lowest BCUT2D eigenvalue weighted by atomic mass is 10.2. The lowest BCUT2D eigenvalue weighted by Crippen LogP contribution is -2.22. The van der Waals surface area contributed by atoms with Crippen molar-refractivity contribution < 1.29 is 9.53 Å². The largest absolute Gasteiger partial charge is 0.497 e. The lowest BCUT2D eigenvalue weighted by molar-refractivity contribution is -0.116. The van der Waals surface area contributed by atoms with E-state index in [2.05, 4.69) is 5.32 Å². The maximum atomic E-state index is 11.2. The fourth-order valence-corrected chi connectivity index (χ4v) is 1.21. The Balaban J connectivity index is 2.52. The molecule has 4 heteroatoms. The first kappa shape index (κ1) is 12.6. The molecule has 0 aliphatic rings. The number of benzene rings is 1. The molecular formula is C12H14ClNO2. The van der Waals surface area contributed by atoms with Crippen molar-refractivity contribution in [3.8, 4) is 5.75 Å². The summed E-state index contributed by atoms with van der Waals surface area (Å²) in [6.07, 6.45) is 3.22. The van der Waals surface area contributed by atoms with Crippen LogP contribution in [0.3, 0.4) is 0 Å². The molecule has 0 saturated heterocycles. The minimum absolute atomic E-state index is 0.142. The van der Waals surface area contributed by atoms with Crippen LogP contribution in [-0.2, 0) is 4.79 Å². The molecule has 1 N–H and O–H groups in total. The zero-order valence-corrected chi connectivity index (χ0v) is 9.83. The second kappa shape index (κ2) is 6.90. The summed E-state index contributed by atoms with van der Waals surface area (Å²) in [5, 5.41) is 2.64. The van der Waals surface area contributed by atoms with Crippen molar-refractivity contribution in [1.29, 1.82) is 0 Å². The molecule has 1 amide bonds. The van der Waals surface area contributed by atoms with E-state index in [0.717, 1.165) is 11.3 Å². The van der Waals surface area contributed by atoms with E-state index >= 15 is 0 Å². The van der Waals surface area contributed by atoms with E-state index in [1.807, 2.05) is 24.3 Å². The third-order valence-electron chi connectivity index (χ3n) is 1.94. The molecule has 0 bridgehead atoms. The van der Waals surface area contributed by atoms with Gasteiger partial charge in [0.15, 0.2) is 0 Å². The van der Waals surface area contributed by atoms with E-state index < -0.39 is 0 Å². The van der Waals surface area contributed by atoms with Crippen LogP contribution in [-0.4, -0.2) is 25.4 Å². The fraction of sp³-hybridized carbons (Fsp3) is 0.250. The molecule has 0 aliphatic heterocycles. The molecule has 86 valence electrons. The van der Waals surface area contributed by atoms with Crippen LogP contribution < -0.4 is 10.1 Å². The molecule has 0 aromatic heterocycles. The summed E-state index contributed by atoms with van der Waals surface area (Å²) in [6, 6.07) is 7.45. The molecule has 1 rings (SSSR count). The van der Waals surface area contributed by atoms with E-state index in [4.69, 9.17) is 16.3 Å². The van der Waals surface area contributed by atoms with E-state index in [0.29, 0.717) is 12.4 Å². The quantitative estimate of drug-likeness (QED) is 0.631. The summed E-state index contributed by atoms with van der Waals surface area (Å²) in [4.78, 5) is 11.2. The topological polar surface area (TPSA) is 38.3 Å². The molecule has 16 heavy (non-hydrogen) atoms. The highest BCUT2D eigenvalue weighted by Crippen LogP contribution is 2.11. The van der Waals surface area contributed by atoms with E-state index in [9.17, 15) is 4.79 Å². The summed E-state index contributed by atoms with van der Waals surface area (Å²) in [5.41, 5.74) is 0.946. The monoisotopic (exact) mass is 239 g/mol. The van der Waals surface area contributed by atoms with E-state index in [1.54, 1.807) is 13.2 Å². The van der Waals surface area contributed by atoms with Gasteiger partial charge in [-0.25, -0.2) is 0 Å². The van der Waals surface area contributed by atoms with Crippen molar-refractivity contribution >= 4 is 23.6 Å². The third kappa shape index (κ3) is 4.36. The highest BCUT2D eigenvalue weighted by atomic mass is 35.5. The van der Waals surface area contributed by atoms with Gasteiger partial charge >= 0.3 is 0 Å². The number of hydrogen-bond acceptors (Lipinski definition) is 2. The SMILES string of the molecule is COc1ccc(/C=C/C(=O)NCCCl)cc1. The van der Waals surface area contributed by atoms with Gasteiger partial charge in [0.2, 0.25) is 5.91 Å². The predicted molar refractivity (Wildman–Crippen MR) is 65.8 cm³/mol. The number of carbonyl (C=O) groups excluding carboxylic acids is 1. The van der Waals surface area contributed by atoms with Gasteiger partial charge in [-0.2, -0.15) is 0 Å². The molecule has 0 heterocycles. The second-order valence-corrected chi connectivity index (χ2v) is 3.46. The van der Waals surface area contributed by atoms with Crippen molar-refractivity contribution in [1.82, 2.24) is 5.32 Å². The van der Waals surface area contributed by atoms with Crippen LogP contribution in [0.4, 0.5) is 0 Å². The average Bonchev–Trinajstić information content (AvgIpc) is 2.34. The molecule has 1 aromatic carbocycles. The summed E-state index contributed by atoms with van der Waals surface area (Å²) in [5.74, 6) is 1.07. The molecule has 0 saturated carbocycles. The first-order valence-corrected chi connectivity index (χ1v) is 5.45. The van der Waals surface area contributed by atoms with Gasteiger partial charge in [-0.15, -0.1) is 11.6 Å². The van der Waals surface area contributed by atoms with Crippen LogP contribution in [0, 0.1) is 0 Å². The normalized spacial score (nSPS) is 10.4. The average molecular weight is 240 g/mol. The zero-order valence-electron chi connectivity index (χ0n) is 9.07. The lowest BCUT2D eigenvalue weighted by Gasteiger charge is -1.99. The minimum atomic E-state index is -0.142. The van der Waals surface area contributed by atoms with Gasteiger partial charge in [-0.3, -0.25) is 4.79 Å². The highest BCUT2D eigenvalue weighted by Gasteiger charge is 1.94. The van der Waals surface area contributed by atoms with E-state index in [-0.39, 0.29) is 5.91 Å². The number of hydrogen-bond donors (Lipinski definition) is 1. The highest BCUT2D eigenvalue weighted by molar-refractivity contribution is 6.18. The first-order valence-electron chi connectivity index (χ1n) is 4.92. The Morgan fingerprint density at radius 3 is 2.69 bits per heavy atom. The smallest absolute Gasteiger partial charge is 0.244 e. The maximum Gasteiger partial charge on any atom is 0.244 e. The van der Waals surface area contributed by atoms with Gasteiger partial charge in [-0.1, -0.05) is 12.1 Å². The molecule has 0 radical (unpaired) electrons. The van der Waals surface area contributed by atoms with Crippen molar-refractivity contribution in [3.05, 3.63) is 35.9 Å². The molecule has 1 aromatic rings. The standard InChI is InChI=1S/C12H14ClNO2/c1-16-11-5-2-10(3-6-11)4-7-12(15)14-9-8-13/h2-7H,8-9H2,1H3,(H,14,15)/b7-4+. The van der Waals surface area contributed by atoms with Crippen LogP contribution in [0.15, 0.2) is 30.3 Å². The van der Waals surface area contributed by atoms with Crippen molar-refractivity contribution in [2.45, 2.75) is 0 Å². The van der Waals surface area contributed by atoms with Crippen LogP contribution in [0.1, 0.15) is 5.56 Å². The molecule has 0 spiro atoms. The van der Waals surface area contributed by atoms with Gasteiger partial charge < -0.3 is 10.1 Å². The number of carbonyl (C=O) groups is 1. The van der Waals surface area contributed by atoms with Gasteiger partial charge in [0.1, 0.15) is 5.75 Å². The molecule has 0 fully saturated rings. The van der Waals surface area contributed by atoms with Gasteiger partial charge in [0.25, 0.3) is 0 Å². The number of alkyl halides is 1. The summed E-state index contributed by atoms with van der Waals surface area (Å²) >= 11 is 5.44. The van der Waals surface area contributed by atoms with Crippen molar-refractivity contribution in [2.24, 2.45) is 0 Å². The summed E-state index contributed by atoms with van der Waals surface area (Å²) in [7, 11) is 1.62. The number of methoxy groups -OCH3 is 1. The molecule has 0 atom stereocenters. The van der Waals surface area contributed by atoms with Crippen LogP contribution >= 0.6 is 11.6 Å². The molecule has 0 aliphatic carbocycles. The zero-order chi connectivity index (χ0) is 11.8. The van der Waals surface area contributed by atoms with E-state index in [1.165, 1.54) is 6.08 Å². The Hall–Kier alpha value is -1.48. The van der Waals surface area contributed by atoms with Crippen molar-refractivity contribution in [3.63, 3.8) is 0 Å². The fourth-order valence-electron chi connectivity index (χ4n) is 1.12. The minimum Gasteiger partial charge on any atom is -0.497 e. The Morgan fingerprint density at radius 2 is 2.12 bits per heavy atom. The number of ether oxygens (including phenoxy) is 1. The molecule has 0 unspecified atom stereocenters. The van der Waals surface area contributed by atoms with Gasteiger partial charge in [0, 0.05) is 18.5 Å². The predicted octanol–water partition coefficient (Wildman–Crippen LogP) is 2.06. The number of halogens is 1. The van der Waals surface area contributed by atoms with Crippen molar-refractivity contribution in [2.75, 3.05) is 19.5 Å². The van der Waals surface area contributed by atoms with Crippen LogP contribution in [0.2, 0.25) is 0 Å². The van der Waals surface area contributed by atoms with Gasteiger partial charge in [-0.05, 0) is 23.8 Å². The summed E-state index contributed by atoms with van der Waals surface area (Å²) < 4.78 is 5.03. The summed E-state index contributed by atoms with van der Waals surface area (Å²) in [6.45, 7) is 0.480. The maximum absolute atomic E-state index is 11.2. The number of amides is 1. The molecular weight excluding hydrogens is 226 g/mol. The van der Waals surface area contributed by atoms with Gasteiger partial charge in [0.05, 0.1) is 7.11 Å². The Bertz CT molecular complexity index is 360. The Kier molecular flexibility index (Phi) is 5.43. The van der Waals surface area contributed by atoms with Crippen LogP contribution in [0.5, 0.6) is 5.75 Å². The second-order valence-electron chi connectivity index (χ2n) is 3.09. The molecule has 3 nitrogen and oxygen atoms in total. The number of rotatable bonds is 5. The first-order chi connectivity index (χ1) is 7.76.